The Morgan fingerprint density at radius 2 is 2.50 bits per heavy atom. The van der Waals surface area contributed by atoms with Crippen molar-refractivity contribution < 1.29 is 4.74 Å². The zero-order valence-corrected chi connectivity index (χ0v) is 9.68. The van der Waals surface area contributed by atoms with Crippen LogP contribution in [-0.2, 0) is 4.74 Å². The molecule has 2 fully saturated rings. The Morgan fingerprint density at radius 3 is 3.14 bits per heavy atom. The Bertz CT molecular complexity index is 195. The van der Waals surface area contributed by atoms with Gasteiger partial charge in [-0.05, 0) is 13.3 Å². The highest BCUT2D eigenvalue weighted by atomic mass is 32.2. The molecule has 2 saturated heterocycles. The lowest BCUT2D eigenvalue weighted by Crippen LogP contribution is -2.55. The molecule has 82 valence electrons. The summed E-state index contributed by atoms with van der Waals surface area (Å²) in [6.45, 7) is 6.07. The highest BCUT2D eigenvalue weighted by molar-refractivity contribution is 7.99. The number of hydrogen-bond donors (Lipinski definition) is 1. The lowest BCUT2D eigenvalue weighted by atomic mass is 9.99. The molecule has 0 aromatic heterocycles. The van der Waals surface area contributed by atoms with E-state index in [1.165, 1.54) is 18.1 Å². The van der Waals surface area contributed by atoms with Gasteiger partial charge in [0.1, 0.15) is 0 Å². The van der Waals surface area contributed by atoms with Crippen LogP contribution in [0.25, 0.3) is 0 Å². The quantitative estimate of drug-likeness (QED) is 0.731. The lowest BCUT2D eigenvalue weighted by Gasteiger charge is -2.38. The van der Waals surface area contributed by atoms with Crippen LogP contribution >= 0.6 is 11.8 Å². The van der Waals surface area contributed by atoms with Crippen molar-refractivity contribution in [3.05, 3.63) is 0 Å². The first-order valence-corrected chi connectivity index (χ1v) is 6.53. The summed E-state index contributed by atoms with van der Waals surface area (Å²) in [6.07, 6.45) is 1.02. The first-order chi connectivity index (χ1) is 6.70. The number of nitrogens with two attached hydrogens (primary N) is 1. The molecule has 2 aliphatic heterocycles. The third kappa shape index (κ3) is 2.42. The van der Waals surface area contributed by atoms with Crippen LogP contribution in [0.2, 0.25) is 0 Å². The van der Waals surface area contributed by atoms with E-state index in [2.05, 4.69) is 11.8 Å². The van der Waals surface area contributed by atoms with E-state index >= 15 is 0 Å². The standard InChI is InChI=1S/C10H20N2OS/c1-9-6-14-5-3-12(9)7-10(11)2-4-13-8-10/h9H,2-8,11H2,1H3. The van der Waals surface area contributed by atoms with Crippen molar-refractivity contribution in [2.75, 3.05) is 37.8 Å². The Hall–Kier alpha value is 0.230. The molecule has 0 aromatic carbocycles. The average Bonchev–Trinajstić information content (AvgIpc) is 2.57. The third-order valence-electron chi connectivity index (χ3n) is 3.16. The van der Waals surface area contributed by atoms with Crippen molar-refractivity contribution in [2.45, 2.75) is 24.9 Å². The number of hydrogen-bond acceptors (Lipinski definition) is 4. The van der Waals surface area contributed by atoms with E-state index < -0.39 is 0 Å². The second-order valence-corrected chi connectivity index (χ2v) is 5.71. The van der Waals surface area contributed by atoms with Crippen LogP contribution in [0.15, 0.2) is 0 Å². The first-order valence-electron chi connectivity index (χ1n) is 5.38. The normalized spacial score (nSPS) is 40.3. The molecule has 2 heterocycles. The molecule has 0 amide bonds. The minimum Gasteiger partial charge on any atom is -0.379 e. The lowest BCUT2D eigenvalue weighted by molar-refractivity contribution is 0.140. The maximum Gasteiger partial charge on any atom is 0.0659 e. The number of thioether (sulfide) groups is 1. The molecule has 2 aliphatic rings. The number of ether oxygens (including phenoxy) is 1. The van der Waals surface area contributed by atoms with Gasteiger partial charge in [0.2, 0.25) is 0 Å². The molecule has 3 nitrogen and oxygen atoms in total. The van der Waals surface area contributed by atoms with E-state index in [9.17, 15) is 0 Å². The highest BCUT2D eigenvalue weighted by Gasteiger charge is 2.34. The molecule has 2 unspecified atom stereocenters. The summed E-state index contributed by atoms with van der Waals surface area (Å²) in [5, 5.41) is 0. The van der Waals surface area contributed by atoms with E-state index in [1.54, 1.807) is 0 Å². The zero-order chi connectivity index (χ0) is 10.0. The fourth-order valence-electron chi connectivity index (χ4n) is 2.15. The zero-order valence-electron chi connectivity index (χ0n) is 8.87. The van der Waals surface area contributed by atoms with Crippen LogP contribution in [0.1, 0.15) is 13.3 Å². The molecule has 0 saturated carbocycles. The van der Waals surface area contributed by atoms with Crippen LogP contribution in [0.5, 0.6) is 0 Å². The minimum absolute atomic E-state index is 0.0731. The van der Waals surface area contributed by atoms with Crippen LogP contribution < -0.4 is 5.73 Å². The second-order valence-electron chi connectivity index (χ2n) is 4.56. The van der Waals surface area contributed by atoms with Crippen LogP contribution in [0.3, 0.4) is 0 Å². The van der Waals surface area contributed by atoms with Gasteiger partial charge in [-0.15, -0.1) is 0 Å². The van der Waals surface area contributed by atoms with Gasteiger partial charge >= 0.3 is 0 Å². The van der Waals surface area contributed by atoms with E-state index in [0.717, 1.165) is 26.2 Å². The molecule has 0 spiro atoms. The summed E-state index contributed by atoms with van der Waals surface area (Å²) in [5.41, 5.74) is 6.21. The molecule has 2 atom stereocenters. The van der Waals surface area contributed by atoms with Gasteiger partial charge < -0.3 is 10.5 Å². The van der Waals surface area contributed by atoms with Crippen molar-refractivity contribution in [1.82, 2.24) is 4.90 Å². The molecular formula is C10H20N2OS. The Morgan fingerprint density at radius 1 is 1.64 bits per heavy atom. The van der Waals surface area contributed by atoms with Crippen LogP contribution in [-0.4, -0.2) is 54.3 Å². The predicted molar refractivity (Wildman–Crippen MR) is 60.7 cm³/mol. The maximum absolute atomic E-state index is 6.28. The largest absolute Gasteiger partial charge is 0.379 e. The molecule has 4 heteroatoms. The maximum atomic E-state index is 6.28. The van der Waals surface area contributed by atoms with Crippen molar-refractivity contribution >= 4 is 11.8 Å². The molecule has 0 bridgehead atoms. The van der Waals surface area contributed by atoms with E-state index in [-0.39, 0.29) is 5.54 Å². The first kappa shape index (κ1) is 10.7. The summed E-state index contributed by atoms with van der Waals surface area (Å²) in [4.78, 5) is 2.52. The summed E-state index contributed by atoms with van der Waals surface area (Å²) in [6, 6.07) is 0.676. The topological polar surface area (TPSA) is 38.5 Å². The van der Waals surface area contributed by atoms with Gasteiger partial charge in [0.25, 0.3) is 0 Å². The van der Waals surface area contributed by atoms with E-state index in [1.807, 2.05) is 11.8 Å². The summed E-state index contributed by atoms with van der Waals surface area (Å²) >= 11 is 2.05. The second kappa shape index (κ2) is 4.39. The summed E-state index contributed by atoms with van der Waals surface area (Å²) < 4.78 is 5.38. The van der Waals surface area contributed by atoms with Gasteiger partial charge in [-0.2, -0.15) is 11.8 Å². The Labute approximate surface area is 90.3 Å². The van der Waals surface area contributed by atoms with Gasteiger partial charge in [0.05, 0.1) is 12.1 Å². The smallest absolute Gasteiger partial charge is 0.0659 e. The number of rotatable bonds is 2. The Kier molecular flexibility index (Phi) is 3.37. The average molecular weight is 216 g/mol. The Balaban J connectivity index is 1.88. The molecule has 0 aromatic rings. The van der Waals surface area contributed by atoms with E-state index in [0.29, 0.717) is 6.04 Å². The monoisotopic (exact) mass is 216 g/mol. The molecular weight excluding hydrogens is 196 g/mol. The van der Waals surface area contributed by atoms with Crippen LogP contribution in [0.4, 0.5) is 0 Å². The van der Waals surface area contributed by atoms with Crippen molar-refractivity contribution in [3.8, 4) is 0 Å². The van der Waals surface area contributed by atoms with Crippen LogP contribution in [0, 0.1) is 0 Å². The SMILES string of the molecule is CC1CSCCN1CC1(N)CCOC1. The fourth-order valence-corrected chi connectivity index (χ4v) is 3.23. The fraction of sp³-hybridized carbons (Fsp3) is 1.00. The van der Waals surface area contributed by atoms with Crippen molar-refractivity contribution in [2.24, 2.45) is 5.73 Å². The molecule has 0 aliphatic carbocycles. The summed E-state index contributed by atoms with van der Waals surface area (Å²) in [5.74, 6) is 2.50. The third-order valence-corrected chi connectivity index (χ3v) is 4.35. The number of nitrogens with zero attached hydrogens (tertiary/aromatic N) is 1. The van der Waals surface area contributed by atoms with Gasteiger partial charge in [0.15, 0.2) is 0 Å². The molecule has 14 heavy (non-hydrogen) atoms. The molecule has 0 radical (unpaired) electrons. The summed E-state index contributed by atoms with van der Waals surface area (Å²) in [7, 11) is 0. The molecule has 2 N–H and O–H groups in total. The van der Waals surface area contributed by atoms with Gasteiger partial charge in [-0.3, -0.25) is 4.90 Å². The van der Waals surface area contributed by atoms with Crippen molar-refractivity contribution in [3.63, 3.8) is 0 Å². The van der Waals surface area contributed by atoms with Gasteiger partial charge in [-0.25, -0.2) is 0 Å². The predicted octanol–water partition coefficient (Wildman–Crippen LogP) is 0.542. The highest BCUT2D eigenvalue weighted by Crippen LogP contribution is 2.22. The van der Waals surface area contributed by atoms with E-state index in [4.69, 9.17) is 10.5 Å². The van der Waals surface area contributed by atoms with Gasteiger partial charge in [-0.1, -0.05) is 0 Å². The van der Waals surface area contributed by atoms with Crippen molar-refractivity contribution in [1.29, 1.82) is 0 Å². The van der Waals surface area contributed by atoms with Gasteiger partial charge in [0, 0.05) is 37.2 Å². The minimum atomic E-state index is -0.0731. The molecule has 2 rings (SSSR count).